The minimum absolute atomic E-state index is 0.0678. The van der Waals surface area contributed by atoms with Crippen molar-refractivity contribution in [1.82, 2.24) is 0 Å². The first-order valence-corrected chi connectivity index (χ1v) is 12.1. The Hall–Kier alpha value is -0.680. The number of carbonyl (C=O) groups is 2. The van der Waals surface area contributed by atoms with Crippen LogP contribution in [-0.4, -0.2) is 66.0 Å². The van der Waals surface area contributed by atoms with Crippen molar-refractivity contribution < 1.29 is 33.6 Å². The lowest BCUT2D eigenvalue weighted by Crippen LogP contribution is -2.57. The van der Waals surface area contributed by atoms with Crippen LogP contribution in [-0.2, 0) is 28.5 Å². The molecule has 0 aromatic carbocycles. The lowest BCUT2D eigenvalue weighted by molar-refractivity contribution is -0.239. The third kappa shape index (κ3) is 6.22. The first-order valence-electron chi connectivity index (χ1n) is 10.6. The Morgan fingerprint density at radius 2 is 2.06 bits per heavy atom. The number of methoxy groups -OCH3 is 1. The molecule has 0 aromatic heterocycles. The van der Waals surface area contributed by atoms with E-state index < -0.39 is 18.3 Å². The summed E-state index contributed by atoms with van der Waals surface area (Å²) >= 11 is 8.35. The van der Waals surface area contributed by atoms with Crippen LogP contribution >= 0.6 is 34.2 Å². The van der Waals surface area contributed by atoms with Gasteiger partial charge in [-0.1, -0.05) is 13.5 Å². The van der Waals surface area contributed by atoms with Crippen molar-refractivity contribution >= 4 is 45.9 Å². The monoisotopic (exact) mass is 568 g/mol. The first kappa shape index (κ1) is 25.0. The molecular weight excluding hydrogens is 539 g/mol. The van der Waals surface area contributed by atoms with E-state index in [9.17, 15) is 14.7 Å². The maximum Gasteiger partial charge on any atom is 0.308 e. The van der Waals surface area contributed by atoms with Crippen molar-refractivity contribution in [2.75, 3.05) is 7.11 Å². The SMILES string of the molecule is C=C(I)C[C@H](Cl)CCC(=O)/C=C1/O[C@@H]2C(O[C@H]3CC[C@H](CC(=O)OC)O[C@@H]3[C@@H]2C)[C@H]1O. The average molecular weight is 569 g/mol. The van der Waals surface area contributed by atoms with Gasteiger partial charge in [0, 0.05) is 23.8 Å². The van der Waals surface area contributed by atoms with Gasteiger partial charge in [0.1, 0.15) is 24.1 Å². The molecule has 0 amide bonds. The average Bonchev–Trinajstić information content (AvgIpc) is 3.02. The number of ether oxygens (including phenoxy) is 4. The molecule has 3 heterocycles. The molecule has 1 N–H and O–H groups in total. The van der Waals surface area contributed by atoms with Gasteiger partial charge in [0.2, 0.25) is 0 Å². The zero-order valence-electron chi connectivity index (χ0n) is 17.8. The first-order chi connectivity index (χ1) is 14.7. The van der Waals surface area contributed by atoms with Gasteiger partial charge in [0.05, 0.1) is 31.8 Å². The van der Waals surface area contributed by atoms with Crippen LogP contribution in [0.2, 0.25) is 0 Å². The molecule has 0 aliphatic carbocycles. The predicted octanol–water partition coefficient (Wildman–Crippen LogP) is 3.44. The highest BCUT2D eigenvalue weighted by molar-refractivity contribution is 14.1. The van der Waals surface area contributed by atoms with Crippen molar-refractivity contribution in [2.45, 2.75) is 87.4 Å². The number of rotatable bonds is 8. The molecule has 174 valence electrons. The summed E-state index contributed by atoms with van der Waals surface area (Å²) < 4.78 is 23.9. The van der Waals surface area contributed by atoms with Gasteiger partial charge in [-0.05, 0) is 51.9 Å². The molecule has 3 aliphatic heterocycles. The van der Waals surface area contributed by atoms with Gasteiger partial charge in [-0.15, -0.1) is 11.6 Å². The largest absolute Gasteiger partial charge is 0.489 e. The van der Waals surface area contributed by atoms with E-state index in [2.05, 4.69) is 29.2 Å². The van der Waals surface area contributed by atoms with Crippen molar-refractivity contribution in [3.05, 3.63) is 22.0 Å². The fourth-order valence-corrected chi connectivity index (χ4v) is 5.58. The second kappa shape index (κ2) is 11.0. The van der Waals surface area contributed by atoms with Crippen molar-refractivity contribution in [1.29, 1.82) is 0 Å². The number of hydrogen-bond acceptors (Lipinski definition) is 7. The number of alkyl halides is 1. The van der Waals surface area contributed by atoms with E-state index in [-0.39, 0.29) is 60.0 Å². The Morgan fingerprint density at radius 1 is 1.32 bits per heavy atom. The Kier molecular flexibility index (Phi) is 8.82. The molecule has 3 rings (SSSR count). The third-order valence-electron chi connectivity index (χ3n) is 6.13. The molecule has 31 heavy (non-hydrogen) atoms. The number of aliphatic hydroxyl groups excluding tert-OH is 1. The summed E-state index contributed by atoms with van der Waals surface area (Å²) in [6.45, 7) is 5.81. The van der Waals surface area contributed by atoms with Crippen molar-refractivity contribution in [3.63, 3.8) is 0 Å². The summed E-state index contributed by atoms with van der Waals surface area (Å²) in [4.78, 5) is 24.0. The molecule has 0 spiro atoms. The molecule has 1 unspecified atom stereocenters. The van der Waals surface area contributed by atoms with Crippen LogP contribution < -0.4 is 0 Å². The molecule has 3 fully saturated rings. The molecule has 0 aromatic rings. The van der Waals surface area contributed by atoms with E-state index in [0.29, 0.717) is 19.3 Å². The number of esters is 1. The Bertz CT molecular complexity index is 727. The molecule has 0 bridgehead atoms. The topological polar surface area (TPSA) is 91.3 Å². The number of ketones is 1. The number of allylic oxidation sites excluding steroid dienone is 2. The molecule has 3 aliphatic rings. The Labute approximate surface area is 201 Å². The molecule has 0 radical (unpaired) electrons. The fourth-order valence-electron chi connectivity index (χ4n) is 4.49. The highest BCUT2D eigenvalue weighted by atomic mass is 127. The van der Waals surface area contributed by atoms with Crippen LogP contribution in [0.5, 0.6) is 0 Å². The highest BCUT2D eigenvalue weighted by Gasteiger charge is 2.54. The molecule has 0 saturated carbocycles. The standard InChI is InChI=1S/C22H30ClIO7/c1-11(24)8-13(23)4-5-14(25)9-17-19(27)22-21(31-17)12(2)20-16(30-22)7-6-15(29-20)10-18(26)28-3/h9,12-13,15-16,19-22,27H,1,4-8,10H2,2-3H3/b17-9+/t12-,13+,15+,16-,19-,20+,21-,22?/m0/s1. The normalized spacial score (nSPS) is 36.8. The Balaban J connectivity index is 1.60. The lowest BCUT2D eigenvalue weighted by Gasteiger charge is -2.46. The maximum atomic E-state index is 12.4. The van der Waals surface area contributed by atoms with Crippen LogP contribution in [0.15, 0.2) is 22.0 Å². The Morgan fingerprint density at radius 3 is 2.74 bits per heavy atom. The van der Waals surface area contributed by atoms with Crippen LogP contribution in [0, 0.1) is 5.92 Å². The lowest BCUT2D eigenvalue weighted by atomic mass is 9.83. The predicted molar refractivity (Wildman–Crippen MR) is 123 cm³/mol. The van der Waals surface area contributed by atoms with E-state index in [4.69, 9.17) is 30.5 Å². The number of aliphatic hydroxyl groups is 1. The van der Waals surface area contributed by atoms with Crippen LogP contribution in [0.4, 0.5) is 0 Å². The van der Waals surface area contributed by atoms with Gasteiger partial charge in [0.15, 0.2) is 5.78 Å². The summed E-state index contributed by atoms with van der Waals surface area (Å²) in [7, 11) is 1.36. The van der Waals surface area contributed by atoms with Gasteiger partial charge >= 0.3 is 5.97 Å². The van der Waals surface area contributed by atoms with Crippen LogP contribution in [0.3, 0.4) is 0 Å². The third-order valence-corrected chi connectivity index (χ3v) is 6.94. The van der Waals surface area contributed by atoms with E-state index in [0.717, 1.165) is 10.0 Å². The summed E-state index contributed by atoms with van der Waals surface area (Å²) in [6.07, 6.45) is 1.83. The van der Waals surface area contributed by atoms with E-state index in [1.807, 2.05) is 6.92 Å². The molecule has 3 saturated heterocycles. The zero-order valence-corrected chi connectivity index (χ0v) is 20.7. The van der Waals surface area contributed by atoms with Gasteiger partial charge in [-0.25, -0.2) is 0 Å². The zero-order chi connectivity index (χ0) is 22.7. The summed E-state index contributed by atoms with van der Waals surface area (Å²) in [5.41, 5.74) is 0. The van der Waals surface area contributed by atoms with Crippen LogP contribution in [0.25, 0.3) is 0 Å². The van der Waals surface area contributed by atoms with Gasteiger partial charge < -0.3 is 24.1 Å². The van der Waals surface area contributed by atoms with Crippen molar-refractivity contribution in [2.24, 2.45) is 5.92 Å². The number of halogens is 2. The number of carbonyl (C=O) groups excluding carboxylic acids is 2. The maximum absolute atomic E-state index is 12.4. The van der Waals surface area contributed by atoms with E-state index >= 15 is 0 Å². The van der Waals surface area contributed by atoms with Crippen molar-refractivity contribution in [3.8, 4) is 0 Å². The minimum Gasteiger partial charge on any atom is -0.489 e. The minimum atomic E-state index is -0.994. The quantitative estimate of drug-likeness (QED) is 0.208. The molecule has 9 heteroatoms. The second-order valence-electron chi connectivity index (χ2n) is 8.48. The number of hydrogen-bond donors (Lipinski definition) is 1. The molecule has 7 nitrogen and oxygen atoms in total. The highest BCUT2D eigenvalue weighted by Crippen LogP contribution is 2.43. The second-order valence-corrected chi connectivity index (χ2v) is 10.6. The molecular formula is C22H30ClIO7. The number of fused-ring (bicyclic) bond motifs is 2. The van der Waals surface area contributed by atoms with Crippen LogP contribution in [0.1, 0.15) is 45.4 Å². The van der Waals surface area contributed by atoms with Gasteiger partial charge in [0.25, 0.3) is 0 Å². The van der Waals surface area contributed by atoms with Gasteiger partial charge in [-0.3, -0.25) is 9.59 Å². The van der Waals surface area contributed by atoms with Gasteiger partial charge in [-0.2, -0.15) is 0 Å². The van der Waals surface area contributed by atoms with E-state index in [1.54, 1.807) is 0 Å². The molecule has 8 atom stereocenters. The smallest absolute Gasteiger partial charge is 0.308 e. The summed E-state index contributed by atoms with van der Waals surface area (Å²) in [5, 5.41) is 10.6. The summed E-state index contributed by atoms with van der Waals surface area (Å²) in [5.74, 6) is -0.274. The fraction of sp³-hybridized carbons (Fsp3) is 0.727. The summed E-state index contributed by atoms with van der Waals surface area (Å²) in [6, 6.07) is 0. The van der Waals surface area contributed by atoms with E-state index in [1.165, 1.54) is 13.2 Å².